The van der Waals surface area contributed by atoms with Gasteiger partial charge in [-0.15, -0.1) is 0 Å². The van der Waals surface area contributed by atoms with Crippen LogP contribution in [0.25, 0.3) is 0 Å². The van der Waals surface area contributed by atoms with Gasteiger partial charge in [-0.3, -0.25) is 4.79 Å². The molecule has 2 heterocycles. The third-order valence-electron chi connectivity index (χ3n) is 6.03. The summed E-state index contributed by atoms with van der Waals surface area (Å²) in [4.78, 5) is 36.1. The van der Waals surface area contributed by atoms with Gasteiger partial charge in [0.2, 0.25) is 11.8 Å². The van der Waals surface area contributed by atoms with E-state index in [0.717, 1.165) is 33.5 Å². The predicted molar refractivity (Wildman–Crippen MR) is 155 cm³/mol. The van der Waals surface area contributed by atoms with Crippen molar-refractivity contribution in [2.45, 2.75) is 45.8 Å². The van der Waals surface area contributed by atoms with E-state index in [1.165, 1.54) is 6.20 Å². The number of benzene rings is 2. The molecular formula is C29H34BrN5O5. The number of fused-ring (bicyclic) bond motifs is 1. The van der Waals surface area contributed by atoms with Crippen LogP contribution >= 0.6 is 15.9 Å². The van der Waals surface area contributed by atoms with Gasteiger partial charge in [0, 0.05) is 35.9 Å². The van der Waals surface area contributed by atoms with Gasteiger partial charge in [0.15, 0.2) is 0 Å². The number of nitrogens with zero attached hydrogens (tertiary/aromatic N) is 3. The molecule has 1 aliphatic rings. The lowest BCUT2D eigenvalue weighted by Crippen LogP contribution is -2.34. The van der Waals surface area contributed by atoms with Crippen LogP contribution in [0.4, 0.5) is 16.4 Å². The van der Waals surface area contributed by atoms with Crippen LogP contribution in [0.3, 0.4) is 0 Å². The van der Waals surface area contributed by atoms with Crippen LogP contribution in [0.2, 0.25) is 0 Å². The molecule has 0 aliphatic carbocycles. The molecule has 2 amide bonds. The highest BCUT2D eigenvalue weighted by Crippen LogP contribution is 2.38. The number of halogens is 1. The second-order valence-electron chi connectivity index (χ2n) is 10.2. The third kappa shape index (κ3) is 7.62. The molecule has 40 heavy (non-hydrogen) atoms. The zero-order valence-corrected chi connectivity index (χ0v) is 24.7. The molecule has 212 valence electrons. The highest BCUT2D eigenvalue weighted by molar-refractivity contribution is 9.10. The van der Waals surface area contributed by atoms with Crippen LogP contribution in [0.1, 0.15) is 48.7 Å². The molecular weight excluding hydrogens is 578 g/mol. The molecule has 0 unspecified atom stereocenters. The first kappa shape index (κ1) is 29.1. The third-order valence-corrected chi connectivity index (χ3v) is 6.56. The molecule has 4 rings (SSSR count). The quantitative estimate of drug-likeness (QED) is 0.302. The maximum atomic E-state index is 13.1. The van der Waals surface area contributed by atoms with Gasteiger partial charge in [-0.1, -0.05) is 34.1 Å². The molecule has 0 saturated heterocycles. The number of nitrogens with one attached hydrogen (secondary N) is 2. The summed E-state index contributed by atoms with van der Waals surface area (Å²) < 4.78 is 17.8. The molecule has 0 saturated carbocycles. The number of ether oxygens (including phenoxy) is 3. The normalized spacial score (nSPS) is 12.5. The van der Waals surface area contributed by atoms with Gasteiger partial charge in [-0.2, -0.15) is 4.98 Å². The molecule has 2 N–H and O–H groups in total. The number of amides is 2. The Morgan fingerprint density at radius 1 is 1.07 bits per heavy atom. The van der Waals surface area contributed by atoms with E-state index in [0.29, 0.717) is 32.0 Å². The molecule has 0 spiro atoms. The van der Waals surface area contributed by atoms with Crippen LogP contribution in [0, 0.1) is 0 Å². The summed E-state index contributed by atoms with van der Waals surface area (Å²) in [5, 5.41) is 5.54. The van der Waals surface area contributed by atoms with Gasteiger partial charge in [0.05, 0.1) is 12.8 Å². The SMILES string of the molecule is COc1cccc2c1CCN2c1ncc(C(=O)NCCCNC(=O)OC(C)(C)C)c(OCc2ccc(Br)cc2)n1. The number of hydrogen-bond donors (Lipinski definition) is 2. The number of methoxy groups -OCH3 is 1. The Bertz CT molecular complexity index is 1340. The average molecular weight is 613 g/mol. The lowest BCUT2D eigenvalue weighted by Gasteiger charge is -2.20. The topological polar surface area (TPSA) is 115 Å². The minimum Gasteiger partial charge on any atom is -0.496 e. The Morgan fingerprint density at radius 3 is 2.55 bits per heavy atom. The summed E-state index contributed by atoms with van der Waals surface area (Å²) in [5.41, 5.74) is 2.64. The average Bonchev–Trinajstić information content (AvgIpc) is 3.36. The Balaban J connectivity index is 1.47. The lowest BCUT2D eigenvalue weighted by molar-refractivity contribution is 0.0527. The maximum absolute atomic E-state index is 13.1. The van der Waals surface area contributed by atoms with Crippen LogP contribution in [0.15, 0.2) is 53.1 Å². The monoisotopic (exact) mass is 611 g/mol. The fourth-order valence-electron chi connectivity index (χ4n) is 4.18. The highest BCUT2D eigenvalue weighted by Gasteiger charge is 2.27. The van der Waals surface area contributed by atoms with Crippen molar-refractivity contribution in [1.82, 2.24) is 20.6 Å². The van der Waals surface area contributed by atoms with Gasteiger partial charge in [0.1, 0.15) is 23.5 Å². The first-order chi connectivity index (χ1) is 19.1. The summed E-state index contributed by atoms with van der Waals surface area (Å²) >= 11 is 3.44. The number of anilines is 2. The second kappa shape index (κ2) is 13.0. The van der Waals surface area contributed by atoms with Gasteiger partial charge in [-0.25, -0.2) is 9.78 Å². The summed E-state index contributed by atoms with van der Waals surface area (Å²) in [5.74, 6) is 1.09. The first-order valence-corrected chi connectivity index (χ1v) is 13.9. The number of carbonyl (C=O) groups is 2. The van der Waals surface area contributed by atoms with Crippen molar-refractivity contribution < 1.29 is 23.8 Å². The fourth-order valence-corrected chi connectivity index (χ4v) is 4.44. The van der Waals surface area contributed by atoms with Crippen molar-refractivity contribution in [3.63, 3.8) is 0 Å². The van der Waals surface area contributed by atoms with Gasteiger partial charge < -0.3 is 29.7 Å². The molecule has 0 radical (unpaired) electrons. The van der Waals surface area contributed by atoms with Crippen molar-refractivity contribution in [1.29, 1.82) is 0 Å². The van der Waals surface area contributed by atoms with E-state index in [-0.39, 0.29) is 24.0 Å². The van der Waals surface area contributed by atoms with Crippen LogP contribution < -0.4 is 25.0 Å². The van der Waals surface area contributed by atoms with E-state index in [1.54, 1.807) is 27.9 Å². The Kier molecular flexibility index (Phi) is 9.46. The number of aromatic nitrogens is 2. The van der Waals surface area contributed by atoms with Gasteiger partial charge >= 0.3 is 6.09 Å². The molecule has 0 fully saturated rings. The number of alkyl carbamates (subject to hydrolysis) is 1. The smallest absolute Gasteiger partial charge is 0.407 e. The van der Waals surface area contributed by atoms with E-state index < -0.39 is 11.7 Å². The molecule has 2 aromatic carbocycles. The summed E-state index contributed by atoms with van der Waals surface area (Å²) in [7, 11) is 1.66. The highest BCUT2D eigenvalue weighted by atomic mass is 79.9. The van der Waals surface area contributed by atoms with E-state index in [4.69, 9.17) is 14.2 Å². The van der Waals surface area contributed by atoms with Gasteiger partial charge in [0.25, 0.3) is 5.91 Å². The fraction of sp³-hybridized carbons (Fsp3) is 0.379. The molecule has 1 aromatic heterocycles. The summed E-state index contributed by atoms with van der Waals surface area (Å²) in [6, 6.07) is 13.6. The molecule has 3 aromatic rings. The zero-order valence-electron chi connectivity index (χ0n) is 23.1. The largest absolute Gasteiger partial charge is 0.496 e. The number of carbonyl (C=O) groups excluding carboxylic acids is 2. The Hall–Kier alpha value is -3.86. The zero-order chi connectivity index (χ0) is 28.7. The Labute approximate surface area is 242 Å². The first-order valence-electron chi connectivity index (χ1n) is 13.1. The number of rotatable bonds is 10. The maximum Gasteiger partial charge on any atom is 0.407 e. The van der Waals surface area contributed by atoms with Crippen molar-refractivity contribution in [3.05, 3.63) is 69.8 Å². The van der Waals surface area contributed by atoms with Crippen molar-refractivity contribution in [2.75, 3.05) is 31.6 Å². The predicted octanol–water partition coefficient (Wildman–Crippen LogP) is 5.17. The lowest BCUT2D eigenvalue weighted by atomic mass is 10.1. The second-order valence-corrected chi connectivity index (χ2v) is 11.1. The minimum atomic E-state index is -0.569. The van der Waals surface area contributed by atoms with E-state index in [1.807, 2.05) is 47.4 Å². The molecule has 0 atom stereocenters. The Morgan fingerprint density at radius 2 is 1.82 bits per heavy atom. The molecule has 11 heteroatoms. The van der Waals surface area contributed by atoms with Crippen LogP contribution in [-0.2, 0) is 17.8 Å². The molecule has 10 nitrogen and oxygen atoms in total. The standard InChI is InChI=1S/C29H34BrN5O5/c1-29(2,3)40-28(37)32-15-6-14-31-25(36)22-17-33-27(34-26(22)39-18-19-9-11-20(30)12-10-19)35-16-13-21-23(35)7-5-8-24(21)38-4/h5,7-12,17H,6,13-16,18H2,1-4H3,(H,31,36)(H,32,37). The van der Waals surface area contributed by atoms with Crippen molar-refractivity contribution in [2.24, 2.45) is 0 Å². The van der Waals surface area contributed by atoms with Gasteiger partial charge in [-0.05, 0) is 63.4 Å². The molecule has 1 aliphatic heterocycles. The molecule has 0 bridgehead atoms. The van der Waals surface area contributed by atoms with Crippen LogP contribution in [-0.4, -0.2) is 54.3 Å². The van der Waals surface area contributed by atoms with Crippen LogP contribution in [0.5, 0.6) is 11.6 Å². The van der Waals surface area contributed by atoms with E-state index >= 15 is 0 Å². The van der Waals surface area contributed by atoms with Crippen molar-refractivity contribution >= 4 is 39.6 Å². The minimum absolute atomic E-state index is 0.189. The number of hydrogen-bond acceptors (Lipinski definition) is 8. The van der Waals surface area contributed by atoms with E-state index in [2.05, 4.69) is 36.5 Å². The summed E-state index contributed by atoms with van der Waals surface area (Å²) in [6.45, 7) is 7.01. The van der Waals surface area contributed by atoms with Crippen molar-refractivity contribution in [3.8, 4) is 11.6 Å². The summed E-state index contributed by atoms with van der Waals surface area (Å²) in [6.07, 6.45) is 2.31. The van der Waals surface area contributed by atoms with E-state index in [9.17, 15) is 9.59 Å².